The van der Waals surface area contributed by atoms with Crippen molar-refractivity contribution < 1.29 is 18.8 Å². The van der Waals surface area contributed by atoms with Crippen LogP contribution in [-0.2, 0) is 16.9 Å². The van der Waals surface area contributed by atoms with Crippen molar-refractivity contribution in [3.05, 3.63) is 47.2 Å². The summed E-state index contributed by atoms with van der Waals surface area (Å²) in [7, 11) is 0. The lowest BCUT2D eigenvalue weighted by Gasteiger charge is -2.18. The van der Waals surface area contributed by atoms with Gasteiger partial charge in [-0.1, -0.05) is 13.8 Å². The standard InChI is InChI=1S/C21H27N3O4/c1-13(2)8-9-23-14(3)11-16(15(23)4)17(25)12-24-19(26)21(5,22-20(24)27)18-7-6-10-28-18/h6-7,10-11,13H,8-9,12H2,1-5H3,(H,22,27). The van der Waals surface area contributed by atoms with Crippen LogP contribution in [0.1, 0.15) is 54.7 Å². The summed E-state index contributed by atoms with van der Waals surface area (Å²) in [5, 5.41) is 2.64. The zero-order valence-electron chi connectivity index (χ0n) is 17.0. The molecule has 1 saturated heterocycles. The summed E-state index contributed by atoms with van der Waals surface area (Å²) in [4.78, 5) is 39.1. The number of hydrogen-bond donors (Lipinski definition) is 1. The number of ketones is 1. The molecule has 150 valence electrons. The first-order valence-electron chi connectivity index (χ1n) is 9.53. The lowest BCUT2D eigenvalue weighted by Crippen LogP contribution is -2.41. The van der Waals surface area contributed by atoms with Crippen LogP contribution in [0.15, 0.2) is 28.9 Å². The number of carbonyl (C=O) groups excluding carboxylic acids is 3. The van der Waals surface area contributed by atoms with Crippen molar-refractivity contribution >= 4 is 17.7 Å². The maximum Gasteiger partial charge on any atom is 0.325 e. The van der Waals surface area contributed by atoms with Gasteiger partial charge in [0.1, 0.15) is 5.76 Å². The minimum Gasteiger partial charge on any atom is -0.466 e. The van der Waals surface area contributed by atoms with Crippen LogP contribution in [-0.4, -0.2) is 33.7 Å². The average molecular weight is 385 g/mol. The van der Waals surface area contributed by atoms with Crippen molar-refractivity contribution in [2.75, 3.05) is 6.54 Å². The number of furan rings is 1. The SMILES string of the molecule is Cc1cc(C(=O)CN2C(=O)NC(C)(c3ccco3)C2=O)c(C)n1CCC(C)C. The fraction of sp³-hybridized carbons (Fsp3) is 0.476. The van der Waals surface area contributed by atoms with Gasteiger partial charge in [0.05, 0.1) is 12.8 Å². The van der Waals surface area contributed by atoms with E-state index in [0.29, 0.717) is 17.2 Å². The van der Waals surface area contributed by atoms with Crippen molar-refractivity contribution in [2.24, 2.45) is 5.92 Å². The van der Waals surface area contributed by atoms with E-state index in [1.807, 2.05) is 19.9 Å². The second-order valence-corrected chi connectivity index (χ2v) is 7.97. The molecule has 0 saturated carbocycles. The van der Waals surface area contributed by atoms with Gasteiger partial charge in [0.25, 0.3) is 5.91 Å². The minimum atomic E-state index is -1.30. The summed E-state index contributed by atoms with van der Waals surface area (Å²) in [5.41, 5.74) is 1.12. The van der Waals surface area contributed by atoms with Gasteiger partial charge >= 0.3 is 6.03 Å². The van der Waals surface area contributed by atoms with Crippen molar-refractivity contribution in [2.45, 2.75) is 53.1 Å². The van der Waals surface area contributed by atoms with E-state index in [9.17, 15) is 14.4 Å². The van der Waals surface area contributed by atoms with Crippen LogP contribution in [0.3, 0.4) is 0 Å². The molecule has 1 unspecified atom stereocenters. The zero-order valence-corrected chi connectivity index (χ0v) is 17.0. The Balaban J connectivity index is 1.79. The summed E-state index contributed by atoms with van der Waals surface area (Å²) in [6, 6.07) is 4.53. The molecule has 1 N–H and O–H groups in total. The second-order valence-electron chi connectivity index (χ2n) is 7.97. The number of imide groups is 1. The Hall–Kier alpha value is -2.83. The van der Waals surface area contributed by atoms with Crippen LogP contribution in [0.5, 0.6) is 0 Å². The molecule has 7 nitrogen and oxygen atoms in total. The Morgan fingerprint density at radius 3 is 2.61 bits per heavy atom. The molecular formula is C21H27N3O4. The van der Waals surface area contributed by atoms with Crippen LogP contribution in [0.4, 0.5) is 4.79 Å². The van der Waals surface area contributed by atoms with Crippen LogP contribution < -0.4 is 5.32 Å². The third-order valence-electron chi connectivity index (χ3n) is 5.39. The fourth-order valence-electron chi connectivity index (χ4n) is 3.61. The van der Waals surface area contributed by atoms with Crippen molar-refractivity contribution in [3.8, 4) is 0 Å². The first-order valence-corrected chi connectivity index (χ1v) is 9.53. The zero-order chi connectivity index (χ0) is 20.6. The minimum absolute atomic E-state index is 0.254. The molecule has 1 fully saturated rings. The number of hydrogen-bond acceptors (Lipinski definition) is 4. The summed E-state index contributed by atoms with van der Waals surface area (Å²) in [6.45, 7) is 10.3. The van der Waals surface area contributed by atoms with Crippen LogP contribution in [0.2, 0.25) is 0 Å². The number of aromatic nitrogens is 1. The molecule has 0 radical (unpaired) electrons. The molecule has 0 aromatic carbocycles. The van der Waals surface area contributed by atoms with Crippen LogP contribution >= 0.6 is 0 Å². The lowest BCUT2D eigenvalue weighted by atomic mass is 9.99. The summed E-state index contributed by atoms with van der Waals surface area (Å²) >= 11 is 0. The Morgan fingerprint density at radius 2 is 2.00 bits per heavy atom. The second kappa shape index (κ2) is 7.30. The van der Waals surface area contributed by atoms with Crippen molar-refractivity contribution in [1.82, 2.24) is 14.8 Å². The number of urea groups is 1. The molecule has 1 aliphatic heterocycles. The Labute approximate surface area is 164 Å². The Bertz CT molecular complexity index is 910. The predicted octanol–water partition coefficient (Wildman–Crippen LogP) is 3.39. The van der Waals surface area contributed by atoms with Gasteiger partial charge in [0, 0.05) is 23.5 Å². The Morgan fingerprint density at radius 1 is 1.29 bits per heavy atom. The topological polar surface area (TPSA) is 84.6 Å². The molecule has 2 aromatic rings. The highest BCUT2D eigenvalue weighted by Crippen LogP contribution is 2.29. The fourth-order valence-corrected chi connectivity index (χ4v) is 3.61. The van der Waals surface area contributed by atoms with Crippen LogP contribution in [0.25, 0.3) is 0 Å². The van der Waals surface area contributed by atoms with E-state index in [-0.39, 0.29) is 12.3 Å². The first-order chi connectivity index (χ1) is 13.1. The van der Waals surface area contributed by atoms with Gasteiger partial charge in [-0.05, 0) is 51.3 Å². The number of aryl methyl sites for hydroxylation is 1. The van der Waals surface area contributed by atoms with Crippen molar-refractivity contribution in [1.29, 1.82) is 0 Å². The smallest absolute Gasteiger partial charge is 0.325 e. The molecule has 28 heavy (non-hydrogen) atoms. The molecular weight excluding hydrogens is 358 g/mol. The summed E-state index contributed by atoms with van der Waals surface area (Å²) in [5.74, 6) is 0.156. The van der Waals surface area contributed by atoms with Crippen LogP contribution in [0, 0.1) is 19.8 Å². The molecule has 3 heterocycles. The number of Topliss-reactive ketones (excluding diaryl/α,β-unsaturated/α-hetero) is 1. The number of carbonyl (C=O) groups is 3. The first kappa shape index (κ1) is 19.9. The van der Waals surface area contributed by atoms with Gasteiger partial charge in [-0.25, -0.2) is 4.79 Å². The van der Waals surface area contributed by atoms with E-state index >= 15 is 0 Å². The van der Waals surface area contributed by atoms with Gasteiger partial charge < -0.3 is 14.3 Å². The predicted molar refractivity (Wildman–Crippen MR) is 104 cm³/mol. The molecule has 3 rings (SSSR count). The van der Waals surface area contributed by atoms with Gasteiger partial charge in [0.15, 0.2) is 11.3 Å². The summed E-state index contributed by atoms with van der Waals surface area (Å²) in [6.07, 6.45) is 2.46. The molecule has 0 aliphatic carbocycles. The number of nitrogens with one attached hydrogen (secondary N) is 1. The van der Waals surface area contributed by atoms with E-state index in [1.54, 1.807) is 19.1 Å². The van der Waals surface area contributed by atoms with Gasteiger partial charge in [-0.15, -0.1) is 0 Å². The maximum atomic E-state index is 12.9. The van der Waals surface area contributed by atoms with Gasteiger partial charge in [-0.3, -0.25) is 14.5 Å². The van der Waals surface area contributed by atoms with Crippen molar-refractivity contribution in [3.63, 3.8) is 0 Å². The van der Waals surface area contributed by atoms with E-state index < -0.39 is 17.5 Å². The highest BCUT2D eigenvalue weighted by atomic mass is 16.3. The summed E-state index contributed by atoms with van der Waals surface area (Å²) < 4.78 is 7.43. The molecule has 7 heteroatoms. The average Bonchev–Trinajstić information content (AvgIpc) is 3.30. The molecule has 0 spiro atoms. The highest BCUT2D eigenvalue weighted by Gasteiger charge is 2.51. The third kappa shape index (κ3) is 3.37. The third-order valence-corrected chi connectivity index (χ3v) is 5.39. The van der Waals surface area contributed by atoms with E-state index in [1.165, 1.54) is 6.26 Å². The lowest BCUT2D eigenvalue weighted by molar-refractivity contribution is -0.131. The number of amides is 3. The van der Waals surface area contributed by atoms with E-state index in [2.05, 4.69) is 23.7 Å². The van der Waals surface area contributed by atoms with E-state index in [4.69, 9.17) is 4.42 Å². The molecule has 3 amide bonds. The maximum absolute atomic E-state index is 12.9. The molecule has 1 aliphatic rings. The number of nitrogens with zero attached hydrogens (tertiary/aromatic N) is 2. The molecule has 0 bridgehead atoms. The normalized spacial score (nSPS) is 19.6. The largest absolute Gasteiger partial charge is 0.466 e. The van der Waals surface area contributed by atoms with Gasteiger partial charge in [-0.2, -0.15) is 0 Å². The quantitative estimate of drug-likeness (QED) is 0.585. The Kier molecular flexibility index (Phi) is 5.19. The molecule has 2 aromatic heterocycles. The highest BCUT2D eigenvalue weighted by molar-refractivity contribution is 6.11. The monoisotopic (exact) mass is 385 g/mol. The van der Waals surface area contributed by atoms with Gasteiger partial charge in [0.2, 0.25) is 0 Å². The number of rotatable bonds is 7. The van der Waals surface area contributed by atoms with E-state index in [0.717, 1.165) is 29.3 Å². The molecule has 1 atom stereocenters.